The Morgan fingerprint density at radius 3 is 1.00 bits per heavy atom. The highest BCUT2D eigenvalue weighted by atomic mass is 16.5. The third-order valence-electron chi connectivity index (χ3n) is 8.20. The standard InChI is InChI=1S/C37H67NO3/c1-3-5-7-9-11-13-15-17-19-21-23-25-27-29-40-35-31-34(37(38)39)32-36(33-35)41-30-28-26-24-22-20-18-16-14-12-10-8-6-4-2/h31-33H,3-30H2,1-2H3,(H2,38,39). The van der Waals surface area contributed by atoms with E-state index >= 15 is 0 Å². The molecule has 0 spiro atoms. The van der Waals surface area contributed by atoms with E-state index in [2.05, 4.69) is 13.8 Å². The first-order valence-corrected chi connectivity index (χ1v) is 17.9. The maximum Gasteiger partial charge on any atom is 0.248 e. The van der Waals surface area contributed by atoms with Crippen LogP contribution in [0.3, 0.4) is 0 Å². The van der Waals surface area contributed by atoms with Gasteiger partial charge >= 0.3 is 0 Å². The van der Waals surface area contributed by atoms with Gasteiger partial charge in [-0.2, -0.15) is 0 Å². The Kier molecular flexibility index (Phi) is 25.9. The molecule has 0 atom stereocenters. The summed E-state index contributed by atoms with van der Waals surface area (Å²) in [5.41, 5.74) is 6.01. The molecule has 238 valence electrons. The van der Waals surface area contributed by atoms with Crippen molar-refractivity contribution in [2.45, 2.75) is 181 Å². The molecule has 0 aliphatic heterocycles. The van der Waals surface area contributed by atoms with Crippen LogP contribution in [-0.2, 0) is 0 Å². The molecule has 4 heteroatoms. The van der Waals surface area contributed by atoms with Crippen LogP contribution in [0.2, 0.25) is 0 Å². The molecule has 0 radical (unpaired) electrons. The minimum absolute atomic E-state index is 0.442. The van der Waals surface area contributed by atoms with Gasteiger partial charge in [-0.25, -0.2) is 0 Å². The van der Waals surface area contributed by atoms with Crippen molar-refractivity contribution in [3.05, 3.63) is 23.8 Å². The first-order valence-electron chi connectivity index (χ1n) is 17.9. The van der Waals surface area contributed by atoms with Crippen molar-refractivity contribution in [3.63, 3.8) is 0 Å². The molecule has 0 aromatic heterocycles. The van der Waals surface area contributed by atoms with Crippen molar-refractivity contribution < 1.29 is 14.3 Å². The van der Waals surface area contributed by atoms with Crippen molar-refractivity contribution in [2.24, 2.45) is 5.73 Å². The molecular formula is C37H67NO3. The summed E-state index contributed by atoms with van der Waals surface area (Å²) >= 11 is 0. The lowest BCUT2D eigenvalue weighted by Crippen LogP contribution is -2.12. The minimum Gasteiger partial charge on any atom is -0.493 e. The van der Waals surface area contributed by atoms with Crippen LogP contribution in [0, 0.1) is 0 Å². The predicted molar refractivity (Wildman–Crippen MR) is 177 cm³/mol. The van der Waals surface area contributed by atoms with Crippen LogP contribution >= 0.6 is 0 Å². The summed E-state index contributed by atoms with van der Waals surface area (Å²) in [5, 5.41) is 0. The van der Waals surface area contributed by atoms with Gasteiger partial charge in [0.2, 0.25) is 5.91 Å². The van der Waals surface area contributed by atoms with E-state index in [1.165, 1.54) is 154 Å². The molecule has 1 amide bonds. The molecule has 1 aromatic rings. The van der Waals surface area contributed by atoms with Gasteiger partial charge in [-0.3, -0.25) is 4.79 Å². The summed E-state index contributed by atoms with van der Waals surface area (Å²) in [6, 6.07) is 5.38. The average molecular weight is 574 g/mol. The van der Waals surface area contributed by atoms with Crippen LogP contribution in [0.1, 0.15) is 191 Å². The second-order valence-corrected chi connectivity index (χ2v) is 12.2. The van der Waals surface area contributed by atoms with Gasteiger partial charge in [0.15, 0.2) is 0 Å². The lowest BCUT2D eigenvalue weighted by Gasteiger charge is -2.12. The molecule has 4 nitrogen and oxygen atoms in total. The smallest absolute Gasteiger partial charge is 0.248 e. The number of hydrogen-bond donors (Lipinski definition) is 1. The molecule has 41 heavy (non-hydrogen) atoms. The quantitative estimate of drug-likeness (QED) is 0.0898. The molecule has 1 aromatic carbocycles. The van der Waals surface area contributed by atoms with Gasteiger partial charge in [0, 0.05) is 11.6 Å². The zero-order valence-electron chi connectivity index (χ0n) is 27.3. The number of nitrogens with two attached hydrogens (primary N) is 1. The van der Waals surface area contributed by atoms with E-state index in [4.69, 9.17) is 15.2 Å². The van der Waals surface area contributed by atoms with E-state index in [-0.39, 0.29) is 0 Å². The zero-order valence-corrected chi connectivity index (χ0v) is 27.3. The van der Waals surface area contributed by atoms with E-state index < -0.39 is 5.91 Å². The molecule has 0 saturated heterocycles. The van der Waals surface area contributed by atoms with Gasteiger partial charge in [-0.05, 0) is 25.0 Å². The predicted octanol–water partition coefficient (Wildman–Crippen LogP) is 11.7. The number of ether oxygens (including phenoxy) is 2. The Bertz CT molecular complexity index is 670. The van der Waals surface area contributed by atoms with Gasteiger partial charge in [0.1, 0.15) is 11.5 Å². The number of primary amides is 1. The largest absolute Gasteiger partial charge is 0.493 e. The number of benzene rings is 1. The molecule has 0 aliphatic carbocycles. The highest BCUT2D eigenvalue weighted by Gasteiger charge is 2.08. The van der Waals surface area contributed by atoms with Crippen molar-refractivity contribution in [1.82, 2.24) is 0 Å². The highest BCUT2D eigenvalue weighted by Crippen LogP contribution is 2.24. The Hall–Kier alpha value is -1.71. The van der Waals surface area contributed by atoms with Gasteiger partial charge in [0.05, 0.1) is 13.2 Å². The number of amides is 1. The van der Waals surface area contributed by atoms with Gasteiger partial charge < -0.3 is 15.2 Å². The molecule has 2 N–H and O–H groups in total. The third kappa shape index (κ3) is 23.5. The number of unbranched alkanes of at least 4 members (excludes halogenated alkanes) is 24. The van der Waals surface area contributed by atoms with E-state index in [1.807, 2.05) is 6.07 Å². The molecule has 0 fully saturated rings. The maximum atomic E-state index is 11.8. The molecule has 1 rings (SSSR count). The van der Waals surface area contributed by atoms with Crippen molar-refractivity contribution in [2.75, 3.05) is 13.2 Å². The second kappa shape index (κ2) is 28.4. The van der Waals surface area contributed by atoms with Crippen LogP contribution < -0.4 is 15.2 Å². The number of rotatable bonds is 31. The maximum absolute atomic E-state index is 11.8. The SMILES string of the molecule is CCCCCCCCCCCCCCCOc1cc(OCCCCCCCCCCCCCCC)cc(C(N)=O)c1. The Morgan fingerprint density at radius 1 is 0.463 bits per heavy atom. The monoisotopic (exact) mass is 574 g/mol. The number of hydrogen-bond acceptors (Lipinski definition) is 3. The Labute approximate surface area is 254 Å². The van der Waals surface area contributed by atoms with Crippen LogP contribution in [0.15, 0.2) is 18.2 Å². The molecule has 0 bridgehead atoms. The van der Waals surface area contributed by atoms with Crippen LogP contribution in [0.4, 0.5) is 0 Å². The normalized spacial score (nSPS) is 11.2. The molecule has 0 unspecified atom stereocenters. The first-order chi connectivity index (χ1) is 20.2. The fourth-order valence-electron chi connectivity index (χ4n) is 5.50. The van der Waals surface area contributed by atoms with E-state index in [9.17, 15) is 4.79 Å². The van der Waals surface area contributed by atoms with Gasteiger partial charge in [-0.15, -0.1) is 0 Å². The van der Waals surface area contributed by atoms with E-state index in [0.29, 0.717) is 30.3 Å². The van der Waals surface area contributed by atoms with Crippen LogP contribution in [-0.4, -0.2) is 19.1 Å². The van der Waals surface area contributed by atoms with Gasteiger partial charge in [-0.1, -0.05) is 168 Å². The third-order valence-corrected chi connectivity index (χ3v) is 8.20. The summed E-state index contributed by atoms with van der Waals surface area (Å²) in [5.74, 6) is 0.920. The lowest BCUT2D eigenvalue weighted by molar-refractivity contribution is 0.0999. The highest BCUT2D eigenvalue weighted by molar-refractivity contribution is 5.93. The number of carbonyl (C=O) groups excluding carboxylic acids is 1. The average Bonchev–Trinajstić information content (AvgIpc) is 2.97. The lowest BCUT2D eigenvalue weighted by atomic mass is 10.0. The van der Waals surface area contributed by atoms with Crippen molar-refractivity contribution in [1.29, 1.82) is 0 Å². The molecule has 0 heterocycles. The minimum atomic E-state index is -0.442. The van der Waals surface area contributed by atoms with Crippen LogP contribution in [0.25, 0.3) is 0 Å². The summed E-state index contributed by atoms with van der Waals surface area (Å²) in [6.45, 7) is 5.89. The fourth-order valence-corrected chi connectivity index (χ4v) is 5.50. The van der Waals surface area contributed by atoms with Crippen LogP contribution in [0.5, 0.6) is 11.5 Å². The summed E-state index contributed by atoms with van der Waals surface area (Å²) in [7, 11) is 0. The van der Waals surface area contributed by atoms with E-state index in [0.717, 1.165) is 12.8 Å². The molecule has 0 saturated carbocycles. The van der Waals surface area contributed by atoms with Crippen molar-refractivity contribution in [3.8, 4) is 11.5 Å². The topological polar surface area (TPSA) is 61.6 Å². The number of carbonyl (C=O) groups is 1. The first kappa shape index (κ1) is 37.3. The Balaban J connectivity index is 2.08. The van der Waals surface area contributed by atoms with E-state index in [1.54, 1.807) is 12.1 Å². The molecular weight excluding hydrogens is 506 g/mol. The van der Waals surface area contributed by atoms with Gasteiger partial charge in [0.25, 0.3) is 0 Å². The Morgan fingerprint density at radius 2 is 0.732 bits per heavy atom. The second-order valence-electron chi connectivity index (χ2n) is 12.2. The zero-order chi connectivity index (χ0) is 29.6. The molecule has 0 aliphatic rings. The fraction of sp³-hybridized carbons (Fsp3) is 0.811. The summed E-state index contributed by atoms with van der Waals surface area (Å²) in [6.07, 6.45) is 34.7. The summed E-state index contributed by atoms with van der Waals surface area (Å²) < 4.78 is 11.9. The summed E-state index contributed by atoms with van der Waals surface area (Å²) in [4.78, 5) is 11.8. The van der Waals surface area contributed by atoms with Crippen molar-refractivity contribution >= 4 is 5.91 Å².